The molecule has 0 radical (unpaired) electrons. The third-order valence-corrected chi connectivity index (χ3v) is 6.03. The highest BCUT2D eigenvalue weighted by Gasteiger charge is 2.22. The van der Waals surface area contributed by atoms with Crippen LogP contribution in [0.3, 0.4) is 0 Å². The van der Waals surface area contributed by atoms with E-state index in [1.54, 1.807) is 0 Å². The van der Waals surface area contributed by atoms with Crippen molar-refractivity contribution in [3.8, 4) is 0 Å². The Balaban J connectivity index is 1.56. The summed E-state index contributed by atoms with van der Waals surface area (Å²) in [5.74, 6) is 3.35. The van der Waals surface area contributed by atoms with Gasteiger partial charge in [0.1, 0.15) is 11.6 Å². The van der Waals surface area contributed by atoms with E-state index in [0.717, 1.165) is 47.3 Å². The second kappa shape index (κ2) is 10.4. The fraction of sp³-hybridized carbons (Fsp3) is 0.286. The molecule has 2 heterocycles. The molecule has 2 aromatic heterocycles. The van der Waals surface area contributed by atoms with Crippen molar-refractivity contribution in [2.24, 2.45) is 0 Å². The minimum absolute atomic E-state index is 0.0932. The van der Waals surface area contributed by atoms with Gasteiger partial charge >= 0.3 is 0 Å². The zero-order valence-corrected chi connectivity index (χ0v) is 20.3. The largest absolute Gasteiger partial charge is 0.245 e. The van der Waals surface area contributed by atoms with Gasteiger partial charge in [0.05, 0.1) is 19.0 Å². The molecule has 2 aromatic carbocycles. The van der Waals surface area contributed by atoms with Crippen molar-refractivity contribution in [2.45, 2.75) is 52.6 Å². The van der Waals surface area contributed by atoms with Gasteiger partial charge < -0.3 is 0 Å². The smallest absolute Gasteiger partial charge is 0.161 e. The highest BCUT2D eigenvalue weighted by Crippen LogP contribution is 2.21. The summed E-state index contributed by atoms with van der Waals surface area (Å²) >= 11 is 0. The van der Waals surface area contributed by atoms with Crippen LogP contribution < -0.4 is 0 Å². The summed E-state index contributed by atoms with van der Waals surface area (Å²) in [6.07, 6.45) is 5.33. The Morgan fingerprint density at radius 1 is 0.706 bits per heavy atom. The van der Waals surface area contributed by atoms with Crippen LogP contribution in [0.1, 0.15) is 72.2 Å². The maximum absolute atomic E-state index is 4.85. The van der Waals surface area contributed by atoms with Gasteiger partial charge in [-0.05, 0) is 29.2 Å². The Labute approximate surface area is 201 Å². The van der Waals surface area contributed by atoms with Crippen molar-refractivity contribution in [3.05, 3.63) is 107 Å². The van der Waals surface area contributed by atoms with Crippen molar-refractivity contribution in [1.82, 2.24) is 29.5 Å². The zero-order chi connectivity index (χ0) is 24.1. The van der Waals surface area contributed by atoms with E-state index in [-0.39, 0.29) is 5.92 Å². The first-order chi connectivity index (χ1) is 16.5. The summed E-state index contributed by atoms with van der Waals surface area (Å²) in [5, 5.41) is 9.70. The van der Waals surface area contributed by atoms with Crippen molar-refractivity contribution < 1.29 is 0 Å². The molecule has 0 aliphatic heterocycles. The van der Waals surface area contributed by atoms with Crippen LogP contribution in [0.2, 0.25) is 0 Å². The van der Waals surface area contributed by atoms with Crippen LogP contribution in [0, 0.1) is 0 Å². The number of hydrogen-bond acceptors (Lipinski definition) is 4. The molecule has 174 valence electrons. The van der Waals surface area contributed by atoms with Gasteiger partial charge in [-0.15, -0.1) is 0 Å². The van der Waals surface area contributed by atoms with Gasteiger partial charge in [0.25, 0.3) is 0 Å². The quantitative estimate of drug-likeness (QED) is 0.317. The normalized spacial score (nSPS) is 11.2. The van der Waals surface area contributed by atoms with E-state index < -0.39 is 0 Å². The Hall–Kier alpha value is -3.80. The highest BCUT2D eigenvalue weighted by atomic mass is 15.4. The number of rotatable bonds is 10. The van der Waals surface area contributed by atoms with E-state index in [0.29, 0.717) is 13.1 Å². The lowest BCUT2D eigenvalue weighted by Crippen LogP contribution is -2.08. The molecule has 0 saturated heterocycles. The van der Waals surface area contributed by atoms with E-state index in [2.05, 4.69) is 82.5 Å². The Bertz CT molecular complexity index is 1160. The van der Waals surface area contributed by atoms with E-state index >= 15 is 0 Å². The van der Waals surface area contributed by atoms with E-state index in [4.69, 9.17) is 20.2 Å². The van der Waals surface area contributed by atoms with E-state index in [9.17, 15) is 0 Å². The zero-order valence-electron chi connectivity index (χ0n) is 20.3. The molecule has 4 aromatic rings. The number of hydrogen-bond donors (Lipinski definition) is 0. The Kier molecular flexibility index (Phi) is 7.16. The van der Waals surface area contributed by atoms with E-state index in [1.807, 2.05) is 21.5 Å². The molecule has 0 unspecified atom stereocenters. The van der Waals surface area contributed by atoms with Crippen molar-refractivity contribution in [2.75, 3.05) is 0 Å². The summed E-state index contributed by atoms with van der Waals surface area (Å²) in [5.41, 5.74) is 4.58. The summed E-state index contributed by atoms with van der Waals surface area (Å²) in [6.45, 7) is 15.3. The summed E-state index contributed by atoms with van der Waals surface area (Å²) < 4.78 is 3.99. The van der Waals surface area contributed by atoms with Crippen LogP contribution in [-0.4, -0.2) is 29.5 Å². The predicted molar refractivity (Wildman–Crippen MR) is 138 cm³/mol. The first-order valence-corrected chi connectivity index (χ1v) is 11.8. The molecule has 0 spiro atoms. The van der Waals surface area contributed by atoms with Gasteiger partial charge in [-0.1, -0.05) is 87.7 Å². The van der Waals surface area contributed by atoms with Crippen LogP contribution in [0.4, 0.5) is 0 Å². The molecular formula is C28H32N6. The first kappa shape index (κ1) is 23.4. The van der Waals surface area contributed by atoms with Crippen LogP contribution in [0.5, 0.6) is 0 Å². The van der Waals surface area contributed by atoms with Crippen LogP contribution in [0.15, 0.2) is 61.7 Å². The third kappa shape index (κ3) is 5.06. The molecule has 0 N–H and O–H groups in total. The van der Waals surface area contributed by atoms with Crippen molar-refractivity contribution in [1.29, 1.82) is 0 Å². The lowest BCUT2D eigenvalue weighted by atomic mass is 10.1. The predicted octanol–water partition coefficient (Wildman–Crippen LogP) is 5.53. The fourth-order valence-corrected chi connectivity index (χ4v) is 3.91. The van der Waals surface area contributed by atoms with E-state index in [1.165, 1.54) is 11.1 Å². The number of benzene rings is 2. The Morgan fingerprint density at radius 3 is 1.41 bits per heavy atom. The second-order valence-corrected chi connectivity index (χ2v) is 8.41. The van der Waals surface area contributed by atoms with Crippen LogP contribution in [0.25, 0.3) is 12.2 Å². The number of nitrogens with zero attached hydrogens (tertiary/aromatic N) is 6. The molecule has 6 nitrogen and oxygen atoms in total. The van der Waals surface area contributed by atoms with Crippen LogP contribution in [-0.2, 0) is 25.9 Å². The molecule has 0 atom stereocenters. The lowest BCUT2D eigenvalue weighted by Gasteiger charge is -2.06. The van der Waals surface area contributed by atoms with Crippen molar-refractivity contribution >= 4 is 12.2 Å². The lowest BCUT2D eigenvalue weighted by molar-refractivity contribution is 0.617. The minimum atomic E-state index is -0.0932. The van der Waals surface area contributed by atoms with Gasteiger partial charge in [-0.2, -0.15) is 10.2 Å². The van der Waals surface area contributed by atoms with Gasteiger partial charge in [-0.25, -0.2) is 19.3 Å². The van der Waals surface area contributed by atoms with Crippen LogP contribution >= 0.6 is 0 Å². The standard InChI is InChI=1S/C28H32N6/c1-6-21-10-14-23(15-11-21)18-33-25(8-3)29-27(31-33)20(5)28-30-26(9-4)34(32-28)19-24-16-12-22(7-2)13-17-24/h6-7,10-17,20H,1-2,8-9,18-19H2,3-5H3. The van der Waals surface area contributed by atoms with Gasteiger partial charge in [0, 0.05) is 12.8 Å². The molecule has 0 aliphatic carbocycles. The maximum Gasteiger partial charge on any atom is 0.161 e. The maximum atomic E-state index is 4.85. The molecule has 0 aliphatic rings. The number of aromatic nitrogens is 6. The first-order valence-electron chi connectivity index (χ1n) is 11.8. The molecule has 34 heavy (non-hydrogen) atoms. The molecule has 0 saturated carbocycles. The summed E-state index contributed by atoms with van der Waals surface area (Å²) in [4.78, 5) is 9.68. The topological polar surface area (TPSA) is 61.4 Å². The monoisotopic (exact) mass is 452 g/mol. The average Bonchev–Trinajstić information content (AvgIpc) is 3.48. The molecule has 0 bridgehead atoms. The van der Waals surface area contributed by atoms with Gasteiger partial charge in [0.2, 0.25) is 0 Å². The molecule has 4 rings (SSSR count). The van der Waals surface area contributed by atoms with Gasteiger partial charge in [0.15, 0.2) is 11.6 Å². The van der Waals surface area contributed by atoms with Gasteiger partial charge in [-0.3, -0.25) is 0 Å². The molecule has 0 amide bonds. The highest BCUT2D eigenvalue weighted by molar-refractivity contribution is 5.47. The average molecular weight is 453 g/mol. The number of aryl methyl sites for hydroxylation is 2. The van der Waals surface area contributed by atoms with Crippen molar-refractivity contribution in [3.63, 3.8) is 0 Å². The second-order valence-electron chi connectivity index (χ2n) is 8.41. The molecular weight excluding hydrogens is 420 g/mol. The summed E-state index contributed by atoms with van der Waals surface area (Å²) in [6, 6.07) is 16.7. The SMILES string of the molecule is C=Cc1ccc(Cn2nc(C(C)c3nc(CC)n(Cc4ccc(C=C)cc4)n3)nc2CC)cc1. The molecule has 0 fully saturated rings. The summed E-state index contributed by atoms with van der Waals surface area (Å²) in [7, 11) is 0. The fourth-order valence-electron chi connectivity index (χ4n) is 3.91. The third-order valence-electron chi connectivity index (χ3n) is 6.03. The minimum Gasteiger partial charge on any atom is -0.245 e. The molecule has 6 heteroatoms. The Morgan fingerprint density at radius 2 is 1.09 bits per heavy atom.